The molecule has 1 aromatic carbocycles. The van der Waals surface area contributed by atoms with Gasteiger partial charge in [0.15, 0.2) is 5.82 Å². The van der Waals surface area contributed by atoms with E-state index in [9.17, 15) is 18.4 Å². The molecule has 1 heterocycles. The van der Waals surface area contributed by atoms with Crippen molar-refractivity contribution < 1.29 is 18.4 Å². The Morgan fingerprint density at radius 2 is 1.71 bits per heavy atom. The summed E-state index contributed by atoms with van der Waals surface area (Å²) in [6.45, 7) is 9.62. The summed E-state index contributed by atoms with van der Waals surface area (Å²) in [6.07, 6.45) is -0.234. The number of nitrogens with zero attached hydrogens (tertiary/aromatic N) is 1. The van der Waals surface area contributed by atoms with Crippen LogP contribution in [-0.4, -0.2) is 28.1 Å². The van der Waals surface area contributed by atoms with Gasteiger partial charge < -0.3 is 10.6 Å². The predicted octanol–water partition coefficient (Wildman–Crippen LogP) is 3.31. The molecule has 0 saturated heterocycles. The monoisotopic (exact) mass is 392 g/mol. The Labute approximate surface area is 163 Å². The van der Waals surface area contributed by atoms with E-state index in [0.29, 0.717) is 5.82 Å². The minimum Gasteiger partial charge on any atom is -0.344 e. The van der Waals surface area contributed by atoms with Crippen molar-refractivity contribution in [3.63, 3.8) is 0 Å². The summed E-state index contributed by atoms with van der Waals surface area (Å²) in [4.78, 5) is 24.9. The molecule has 8 heteroatoms. The number of carbonyl (C=O) groups excluding carboxylic acids is 2. The normalized spacial score (nSPS) is 12.7. The van der Waals surface area contributed by atoms with Gasteiger partial charge in [-0.1, -0.05) is 34.6 Å². The zero-order chi connectivity index (χ0) is 21.1. The number of benzene rings is 1. The van der Waals surface area contributed by atoms with Crippen molar-refractivity contribution in [1.82, 2.24) is 15.5 Å². The molecule has 3 N–H and O–H groups in total. The van der Waals surface area contributed by atoms with E-state index in [1.807, 2.05) is 20.8 Å². The molecule has 0 fully saturated rings. The number of anilines is 1. The minimum atomic E-state index is -0.819. The van der Waals surface area contributed by atoms with E-state index in [4.69, 9.17) is 0 Å². The third-order valence-electron chi connectivity index (χ3n) is 4.19. The summed E-state index contributed by atoms with van der Waals surface area (Å²) in [6, 6.07) is 3.84. The Kier molecular flexibility index (Phi) is 6.53. The number of rotatable bonds is 6. The van der Waals surface area contributed by atoms with Gasteiger partial charge in [0, 0.05) is 23.2 Å². The van der Waals surface area contributed by atoms with E-state index in [1.54, 1.807) is 19.9 Å². The molecule has 2 rings (SSSR count). The molecule has 0 aliphatic carbocycles. The number of H-pyrrole nitrogens is 1. The van der Waals surface area contributed by atoms with Crippen molar-refractivity contribution in [2.45, 2.75) is 52.5 Å². The number of nitrogens with one attached hydrogen (secondary N) is 3. The molecule has 1 atom stereocenters. The van der Waals surface area contributed by atoms with E-state index in [2.05, 4.69) is 20.8 Å². The van der Waals surface area contributed by atoms with Crippen molar-refractivity contribution in [1.29, 1.82) is 0 Å². The molecular weight excluding hydrogens is 366 g/mol. The van der Waals surface area contributed by atoms with E-state index >= 15 is 0 Å². The fraction of sp³-hybridized carbons (Fsp3) is 0.450. The first-order valence-electron chi connectivity index (χ1n) is 9.07. The average molecular weight is 392 g/mol. The van der Waals surface area contributed by atoms with Crippen LogP contribution >= 0.6 is 0 Å². The summed E-state index contributed by atoms with van der Waals surface area (Å²) in [5.74, 6) is -2.27. The summed E-state index contributed by atoms with van der Waals surface area (Å²) in [5.41, 5.74) is 0.906. The van der Waals surface area contributed by atoms with Gasteiger partial charge in [-0.15, -0.1) is 0 Å². The lowest BCUT2D eigenvalue weighted by molar-refractivity contribution is -0.127. The zero-order valence-electron chi connectivity index (χ0n) is 16.7. The molecule has 2 amide bonds. The molecule has 0 bridgehead atoms. The van der Waals surface area contributed by atoms with Crippen LogP contribution in [0.3, 0.4) is 0 Å². The van der Waals surface area contributed by atoms with Crippen LogP contribution in [0.2, 0.25) is 0 Å². The number of hydrogen-bond donors (Lipinski definition) is 3. The van der Waals surface area contributed by atoms with Crippen LogP contribution in [0.15, 0.2) is 24.3 Å². The van der Waals surface area contributed by atoms with Crippen LogP contribution < -0.4 is 10.6 Å². The van der Waals surface area contributed by atoms with Crippen LogP contribution in [0, 0.1) is 17.6 Å². The molecule has 0 aliphatic heterocycles. The number of aromatic nitrogens is 2. The second-order valence-electron chi connectivity index (χ2n) is 8.15. The highest BCUT2D eigenvalue weighted by Gasteiger charge is 2.26. The first-order chi connectivity index (χ1) is 13.0. The second-order valence-corrected chi connectivity index (χ2v) is 8.15. The molecular formula is C20H26F2N4O2. The Bertz CT molecular complexity index is 836. The van der Waals surface area contributed by atoms with Gasteiger partial charge in [0.25, 0.3) is 0 Å². The zero-order valence-corrected chi connectivity index (χ0v) is 16.7. The third kappa shape index (κ3) is 5.87. The van der Waals surface area contributed by atoms with Crippen LogP contribution in [0.4, 0.5) is 14.6 Å². The second kappa shape index (κ2) is 8.50. The summed E-state index contributed by atoms with van der Waals surface area (Å²) in [7, 11) is 0. The van der Waals surface area contributed by atoms with Crippen molar-refractivity contribution in [2.75, 3.05) is 5.32 Å². The van der Waals surface area contributed by atoms with Crippen molar-refractivity contribution in [3.05, 3.63) is 47.2 Å². The van der Waals surface area contributed by atoms with Crippen LogP contribution in [0.5, 0.6) is 0 Å². The smallest absolute Gasteiger partial charge is 0.248 e. The lowest BCUT2D eigenvalue weighted by atomic mass is 9.92. The molecule has 0 saturated carbocycles. The maximum atomic E-state index is 13.3. The highest BCUT2D eigenvalue weighted by molar-refractivity contribution is 5.97. The van der Waals surface area contributed by atoms with Crippen LogP contribution in [0.25, 0.3) is 0 Å². The number of amides is 2. The van der Waals surface area contributed by atoms with Gasteiger partial charge in [0.1, 0.15) is 17.7 Å². The first-order valence-corrected chi connectivity index (χ1v) is 9.07. The maximum absolute atomic E-state index is 13.3. The quantitative estimate of drug-likeness (QED) is 0.705. The molecule has 1 aromatic heterocycles. The fourth-order valence-electron chi connectivity index (χ4n) is 2.63. The van der Waals surface area contributed by atoms with Gasteiger partial charge in [0.05, 0.1) is 6.42 Å². The first kappa shape index (κ1) is 21.5. The topological polar surface area (TPSA) is 86.9 Å². The van der Waals surface area contributed by atoms with Gasteiger partial charge in [-0.25, -0.2) is 8.78 Å². The SMILES string of the molecule is CC(C)C(NC(=O)Cc1cc(F)cc(F)c1)C(=O)Nc1cc(C(C)(C)C)[nH]n1. The van der Waals surface area contributed by atoms with Gasteiger partial charge in [-0.3, -0.25) is 14.7 Å². The number of aromatic amines is 1. The summed E-state index contributed by atoms with van der Waals surface area (Å²) < 4.78 is 26.6. The molecule has 0 spiro atoms. The molecule has 6 nitrogen and oxygen atoms in total. The average Bonchev–Trinajstić information content (AvgIpc) is 2.99. The van der Waals surface area contributed by atoms with E-state index < -0.39 is 29.5 Å². The Morgan fingerprint density at radius 1 is 1.11 bits per heavy atom. The van der Waals surface area contributed by atoms with E-state index in [1.165, 1.54) is 0 Å². The minimum absolute atomic E-state index is 0.151. The number of halogens is 2. The fourth-order valence-corrected chi connectivity index (χ4v) is 2.63. The van der Waals surface area contributed by atoms with Gasteiger partial charge in [-0.05, 0) is 23.6 Å². The largest absolute Gasteiger partial charge is 0.344 e. The standard InChI is InChI=1S/C20H26F2N4O2/c1-11(2)18(19(28)23-16-10-15(25-26-16)20(3,4)5)24-17(27)8-12-6-13(21)9-14(22)7-12/h6-7,9-11,18H,8H2,1-5H3,(H,24,27)(H2,23,25,26,28). The molecule has 1 unspecified atom stereocenters. The Morgan fingerprint density at radius 3 is 2.21 bits per heavy atom. The maximum Gasteiger partial charge on any atom is 0.248 e. The number of hydrogen-bond acceptors (Lipinski definition) is 3. The van der Waals surface area contributed by atoms with Gasteiger partial charge in [0.2, 0.25) is 11.8 Å². The predicted molar refractivity (Wildman–Crippen MR) is 103 cm³/mol. The van der Waals surface area contributed by atoms with Gasteiger partial charge in [-0.2, -0.15) is 5.10 Å². The number of carbonyl (C=O) groups is 2. The van der Waals surface area contributed by atoms with Crippen LogP contribution in [-0.2, 0) is 21.4 Å². The summed E-state index contributed by atoms with van der Waals surface area (Å²) >= 11 is 0. The highest BCUT2D eigenvalue weighted by Crippen LogP contribution is 2.22. The molecule has 0 aliphatic rings. The van der Waals surface area contributed by atoms with E-state index in [0.717, 1.165) is 23.9 Å². The van der Waals surface area contributed by atoms with Crippen molar-refractivity contribution >= 4 is 17.6 Å². The van der Waals surface area contributed by atoms with Crippen molar-refractivity contribution in [2.24, 2.45) is 5.92 Å². The molecule has 28 heavy (non-hydrogen) atoms. The summed E-state index contributed by atoms with van der Waals surface area (Å²) in [5, 5.41) is 12.3. The van der Waals surface area contributed by atoms with E-state index in [-0.39, 0.29) is 23.3 Å². The Balaban J connectivity index is 2.04. The lowest BCUT2D eigenvalue weighted by Gasteiger charge is -2.21. The molecule has 2 aromatic rings. The lowest BCUT2D eigenvalue weighted by Crippen LogP contribution is -2.47. The Hall–Kier alpha value is -2.77. The van der Waals surface area contributed by atoms with Crippen LogP contribution in [0.1, 0.15) is 45.9 Å². The highest BCUT2D eigenvalue weighted by atomic mass is 19.1. The molecule has 152 valence electrons. The van der Waals surface area contributed by atoms with Crippen molar-refractivity contribution in [3.8, 4) is 0 Å². The molecule has 0 radical (unpaired) electrons. The third-order valence-corrected chi connectivity index (χ3v) is 4.19. The van der Waals surface area contributed by atoms with Gasteiger partial charge >= 0.3 is 0 Å².